The van der Waals surface area contributed by atoms with Gasteiger partial charge in [-0.2, -0.15) is 0 Å². The Kier molecular flexibility index (Phi) is 3.65. The fraction of sp³-hybridized carbons (Fsp3) is 0.125. The molecule has 0 fully saturated rings. The summed E-state index contributed by atoms with van der Waals surface area (Å²) in [7, 11) is 0. The fourth-order valence-electron chi connectivity index (χ4n) is 2.23. The van der Waals surface area contributed by atoms with Crippen LogP contribution in [0.15, 0.2) is 59.2 Å². The normalized spacial score (nSPS) is 10.8. The maximum Gasteiger partial charge on any atom is 0.121 e. The van der Waals surface area contributed by atoms with Crippen LogP contribution in [-0.2, 0) is 6.54 Å². The number of nitrogens with two attached hydrogens (primary N) is 1. The highest BCUT2D eigenvalue weighted by Gasteiger charge is 2.02. The van der Waals surface area contributed by atoms with Crippen molar-refractivity contribution in [1.82, 2.24) is 4.57 Å². The molecule has 4 heteroatoms. The van der Waals surface area contributed by atoms with E-state index in [0.717, 1.165) is 22.5 Å². The van der Waals surface area contributed by atoms with Gasteiger partial charge in [-0.1, -0.05) is 22.0 Å². The van der Waals surface area contributed by atoms with E-state index in [0.29, 0.717) is 6.61 Å². The second-order valence-electron chi connectivity index (χ2n) is 4.63. The van der Waals surface area contributed by atoms with E-state index in [9.17, 15) is 0 Å². The van der Waals surface area contributed by atoms with Crippen LogP contribution in [0.1, 0.15) is 0 Å². The lowest BCUT2D eigenvalue weighted by molar-refractivity contribution is 0.300. The van der Waals surface area contributed by atoms with E-state index in [1.807, 2.05) is 24.3 Å². The van der Waals surface area contributed by atoms with Crippen LogP contribution in [0.2, 0.25) is 0 Å². The molecule has 0 radical (unpaired) electrons. The Labute approximate surface area is 126 Å². The standard InChI is InChI=1S/C16H15BrN2O/c17-13-4-5-16-12(10-13)6-7-19(16)8-9-20-15-3-1-2-14(18)11-15/h1-7,10-11H,8-9,18H2. The highest BCUT2D eigenvalue weighted by atomic mass is 79.9. The monoisotopic (exact) mass is 330 g/mol. The predicted octanol–water partition coefficient (Wildman–Crippen LogP) is 4.07. The number of rotatable bonds is 4. The lowest BCUT2D eigenvalue weighted by Crippen LogP contribution is -2.07. The van der Waals surface area contributed by atoms with Crippen LogP contribution in [-0.4, -0.2) is 11.2 Å². The van der Waals surface area contributed by atoms with Gasteiger partial charge in [0, 0.05) is 33.3 Å². The van der Waals surface area contributed by atoms with Crippen LogP contribution in [0.4, 0.5) is 5.69 Å². The number of nitrogens with zero attached hydrogens (tertiary/aromatic N) is 1. The van der Waals surface area contributed by atoms with Crippen molar-refractivity contribution in [2.24, 2.45) is 0 Å². The number of fused-ring (bicyclic) bond motifs is 1. The van der Waals surface area contributed by atoms with Gasteiger partial charge in [0.15, 0.2) is 0 Å². The zero-order valence-electron chi connectivity index (χ0n) is 10.9. The Bertz CT molecular complexity index is 736. The number of halogens is 1. The molecular weight excluding hydrogens is 316 g/mol. The number of benzene rings is 2. The van der Waals surface area contributed by atoms with Crippen molar-refractivity contribution in [2.45, 2.75) is 6.54 Å². The highest BCUT2D eigenvalue weighted by Crippen LogP contribution is 2.21. The average Bonchev–Trinajstić information content (AvgIpc) is 2.81. The first-order chi connectivity index (χ1) is 9.72. The number of nitrogen functional groups attached to an aromatic ring is 1. The second kappa shape index (κ2) is 5.59. The van der Waals surface area contributed by atoms with Crippen LogP contribution in [0.3, 0.4) is 0 Å². The summed E-state index contributed by atoms with van der Waals surface area (Å²) >= 11 is 3.49. The van der Waals surface area contributed by atoms with E-state index in [1.165, 1.54) is 10.9 Å². The Morgan fingerprint density at radius 3 is 2.85 bits per heavy atom. The summed E-state index contributed by atoms with van der Waals surface area (Å²) in [6, 6.07) is 15.9. The first-order valence-electron chi connectivity index (χ1n) is 6.45. The van der Waals surface area contributed by atoms with Crippen molar-refractivity contribution in [3.63, 3.8) is 0 Å². The van der Waals surface area contributed by atoms with Crippen LogP contribution in [0, 0.1) is 0 Å². The van der Waals surface area contributed by atoms with Gasteiger partial charge >= 0.3 is 0 Å². The third kappa shape index (κ3) is 2.80. The van der Waals surface area contributed by atoms with Crippen molar-refractivity contribution in [1.29, 1.82) is 0 Å². The molecule has 0 aliphatic carbocycles. The quantitative estimate of drug-likeness (QED) is 0.732. The smallest absolute Gasteiger partial charge is 0.121 e. The minimum absolute atomic E-state index is 0.614. The van der Waals surface area contributed by atoms with Gasteiger partial charge in [0.25, 0.3) is 0 Å². The van der Waals surface area contributed by atoms with Gasteiger partial charge < -0.3 is 15.0 Å². The zero-order chi connectivity index (χ0) is 13.9. The molecule has 0 spiro atoms. The second-order valence-corrected chi connectivity index (χ2v) is 5.55. The summed E-state index contributed by atoms with van der Waals surface area (Å²) in [6.07, 6.45) is 2.08. The van der Waals surface area contributed by atoms with E-state index >= 15 is 0 Å². The van der Waals surface area contributed by atoms with E-state index in [4.69, 9.17) is 10.5 Å². The molecule has 0 unspecified atom stereocenters. The Hall–Kier alpha value is -1.94. The van der Waals surface area contributed by atoms with Gasteiger partial charge in [-0.3, -0.25) is 0 Å². The lowest BCUT2D eigenvalue weighted by Gasteiger charge is -2.09. The maximum atomic E-state index is 5.72. The van der Waals surface area contributed by atoms with Gasteiger partial charge in [0.2, 0.25) is 0 Å². The Balaban J connectivity index is 1.68. The van der Waals surface area contributed by atoms with Crippen molar-refractivity contribution in [2.75, 3.05) is 12.3 Å². The van der Waals surface area contributed by atoms with Crippen LogP contribution < -0.4 is 10.5 Å². The summed E-state index contributed by atoms with van der Waals surface area (Å²) in [6.45, 7) is 1.42. The largest absolute Gasteiger partial charge is 0.492 e. The van der Waals surface area contributed by atoms with Gasteiger partial charge in [-0.05, 0) is 36.4 Å². The van der Waals surface area contributed by atoms with Gasteiger partial charge in [-0.15, -0.1) is 0 Å². The molecule has 20 heavy (non-hydrogen) atoms. The maximum absolute atomic E-state index is 5.72. The number of hydrogen-bond acceptors (Lipinski definition) is 2. The summed E-state index contributed by atoms with van der Waals surface area (Å²) in [5.41, 5.74) is 7.66. The molecule has 0 amide bonds. The molecule has 0 aliphatic rings. The first-order valence-corrected chi connectivity index (χ1v) is 7.24. The van der Waals surface area contributed by atoms with Crippen LogP contribution >= 0.6 is 15.9 Å². The average molecular weight is 331 g/mol. The molecular formula is C16H15BrN2O. The molecule has 0 saturated carbocycles. The molecule has 0 saturated heterocycles. The zero-order valence-corrected chi connectivity index (χ0v) is 12.5. The van der Waals surface area contributed by atoms with Gasteiger partial charge in [0.05, 0.1) is 6.54 Å². The van der Waals surface area contributed by atoms with Crippen molar-refractivity contribution in [3.05, 3.63) is 59.2 Å². The Morgan fingerprint density at radius 2 is 2.00 bits per heavy atom. The molecule has 1 aromatic heterocycles. The molecule has 2 aromatic carbocycles. The minimum Gasteiger partial charge on any atom is -0.492 e. The number of anilines is 1. The molecule has 0 aliphatic heterocycles. The van der Waals surface area contributed by atoms with Crippen molar-refractivity contribution >= 4 is 32.5 Å². The molecule has 0 bridgehead atoms. The fourth-order valence-corrected chi connectivity index (χ4v) is 2.61. The summed E-state index contributed by atoms with van der Waals surface area (Å²) in [4.78, 5) is 0. The third-order valence-corrected chi connectivity index (χ3v) is 3.69. The van der Waals surface area contributed by atoms with Crippen LogP contribution in [0.5, 0.6) is 5.75 Å². The van der Waals surface area contributed by atoms with Crippen LogP contribution in [0.25, 0.3) is 10.9 Å². The lowest BCUT2D eigenvalue weighted by atomic mass is 10.2. The number of aromatic nitrogens is 1. The molecule has 0 atom stereocenters. The van der Waals surface area contributed by atoms with Crippen molar-refractivity contribution < 1.29 is 4.74 Å². The van der Waals surface area contributed by atoms with E-state index < -0.39 is 0 Å². The van der Waals surface area contributed by atoms with Crippen molar-refractivity contribution in [3.8, 4) is 5.75 Å². The molecule has 2 N–H and O–H groups in total. The molecule has 3 nitrogen and oxygen atoms in total. The summed E-state index contributed by atoms with van der Waals surface area (Å²) < 4.78 is 9.01. The predicted molar refractivity (Wildman–Crippen MR) is 86.0 cm³/mol. The number of hydrogen-bond donors (Lipinski definition) is 1. The third-order valence-electron chi connectivity index (χ3n) is 3.19. The van der Waals surface area contributed by atoms with E-state index in [2.05, 4.69) is 51.0 Å². The van der Waals surface area contributed by atoms with Gasteiger partial charge in [0.1, 0.15) is 12.4 Å². The Morgan fingerprint density at radius 1 is 1.10 bits per heavy atom. The molecule has 3 rings (SSSR count). The number of ether oxygens (including phenoxy) is 1. The topological polar surface area (TPSA) is 40.2 Å². The van der Waals surface area contributed by atoms with Gasteiger partial charge in [-0.25, -0.2) is 0 Å². The first kappa shape index (κ1) is 13.1. The van der Waals surface area contributed by atoms with E-state index in [1.54, 1.807) is 0 Å². The molecule has 1 heterocycles. The minimum atomic E-state index is 0.614. The molecule has 102 valence electrons. The highest BCUT2D eigenvalue weighted by molar-refractivity contribution is 9.10. The van der Waals surface area contributed by atoms with E-state index in [-0.39, 0.29) is 0 Å². The SMILES string of the molecule is Nc1cccc(OCCn2ccc3cc(Br)ccc32)c1. The summed E-state index contributed by atoms with van der Waals surface area (Å²) in [5.74, 6) is 0.809. The summed E-state index contributed by atoms with van der Waals surface area (Å²) in [5, 5.41) is 1.23. The molecule has 3 aromatic rings.